The smallest absolute Gasteiger partial charge is 0.112 e. The molecule has 1 aromatic carbocycles. The number of imidazole rings is 1. The number of aryl methyl sites for hydroxylation is 1. The SMILES string of the molecule is CCCNC(C)c1ccc(-n2ccnc2CC)cc1Cl. The summed E-state index contributed by atoms with van der Waals surface area (Å²) in [5, 5.41) is 4.26. The number of nitrogens with one attached hydrogen (secondary N) is 1. The van der Waals surface area contributed by atoms with E-state index in [2.05, 4.69) is 47.8 Å². The molecule has 0 spiro atoms. The summed E-state index contributed by atoms with van der Waals surface area (Å²) in [6.45, 7) is 7.41. The van der Waals surface area contributed by atoms with Crippen molar-refractivity contribution in [2.45, 2.75) is 39.7 Å². The number of benzene rings is 1. The number of rotatable bonds is 6. The maximum atomic E-state index is 6.44. The number of hydrogen-bond acceptors (Lipinski definition) is 2. The molecule has 0 aliphatic heterocycles. The number of aromatic nitrogens is 2. The van der Waals surface area contributed by atoms with Crippen LogP contribution < -0.4 is 5.32 Å². The van der Waals surface area contributed by atoms with E-state index in [0.29, 0.717) is 0 Å². The minimum Gasteiger partial charge on any atom is -0.310 e. The van der Waals surface area contributed by atoms with E-state index in [1.54, 1.807) is 0 Å². The lowest BCUT2D eigenvalue weighted by molar-refractivity contribution is 0.571. The van der Waals surface area contributed by atoms with Crippen LogP contribution in [0.1, 0.15) is 44.6 Å². The second-order valence-corrected chi connectivity index (χ2v) is 5.36. The van der Waals surface area contributed by atoms with Crippen LogP contribution in [-0.2, 0) is 6.42 Å². The topological polar surface area (TPSA) is 29.9 Å². The van der Waals surface area contributed by atoms with Crippen LogP contribution in [0.2, 0.25) is 5.02 Å². The number of hydrogen-bond donors (Lipinski definition) is 1. The van der Waals surface area contributed by atoms with Crippen molar-refractivity contribution in [2.75, 3.05) is 6.54 Å². The maximum absolute atomic E-state index is 6.44. The predicted octanol–water partition coefficient (Wildman–Crippen LogP) is 4.15. The van der Waals surface area contributed by atoms with Gasteiger partial charge in [-0.05, 0) is 37.6 Å². The largest absolute Gasteiger partial charge is 0.310 e. The molecule has 0 saturated heterocycles. The molecule has 4 heteroatoms. The molecule has 0 amide bonds. The number of halogens is 1. The lowest BCUT2D eigenvalue weighted by atomic mass is 10.1. The van der Waals surface area contributed by atoms with Crippen molar-refractivity contribution in [3.8, 4) is 5.69 Å². The van der Waals surface area contributed by atoms with Crippen molar-refractivity contribution in [3.05, 3.63) is 47.0 Å². The molecular weight excluding hydrogens is 270 g/mol. The van der Waals surface area contributed by atoms with Crippen LogP contribution in [0.5, 0.6) is 0 Å². The van der Waals surface area contributed by atoms with Crippen molar-refractivity contribution in [1.82, 2.24) is 14.9 Å². The first kappa shape index (κ1) is 15.1. The Kier molecular flexibility index (Phi) is 5.21. The molecule has 1 heterocycles. The highest BCUT2D eigenvalue weighted by atomic mass is 35.5. The molecule has 2 rings (SSSR count). The highest BCUT2D eigenvalue weighted by Gasteiger charge is 2.11. The quantitative estimate of drug-likeness (QED) is 0.866. The molecule has 3 nitrogen and oxygen atoms in total. The minimum absolute atomic E-state index is 0.268. The van der Waals surface area contributed by atoms with Crippen LogP contribution in [0.25, 0.3) is 5.69 Å². The standard InChI is InChI=1S/C16H22ClN3/c1-4-8-18-12(3)14-7-6-13(11-15(14)17)20-10-9-19-16(20)5-2/h6-7,9-12,18H,4-5,8H2,1-3H3. The van der Waals surface area contributed by atoms with Crippen molar-refractivity contribution < 1.29 is 0 Å². The Balaban J connectivity index is 2.26. The van der Waals surface area contributed by atoms with Crippen LogP contribution in [0.3, 0.4) is 0 Å². The minimum atomic E-state index is 0.268. The first-order chi connectivity index (χ1) is 9.67. The van der Waals surface area contributed by atoms with Gasteiger partial charge in [0.15, 0.2) is 0 Å². The fraction of sp³-hybridized carbons (Fsp3) is 0.438. The summed E-state index contributed by atoms with van der Waals surface area (Å²) in [4.78, 5) is 4.35. The molecule has 1 atom stereocenters. The Hall–Kier alpha value is -1.32. The first-order valence-electron chi connectivity index (χ1n) is 7.22. The lowest BCUT2D eigenvalue weighted by Gasteiger charge is -2.16. The van der Waals surface area contributed by atoms with Gasteiger partial charge < -0.3 is 9.88 Å². The van der Waals surface area contributed by atoms with Crippen molar-refractivity contribution in [2.24, 2.45) is 0 Å². The first-order valence-corrected chi connectivity index (χ1v) is 7.60. The van der Waals surface area contributed by atoms with E-state index in [0.717, 1.165) is 41.5 Å². The Labute approximate surface area is 126 Å². The highest BCUT2D eigenvalue weighted by molar-refractivity contribution is 6.31. The lowest BCUT2D eigenvalue weighted by Crippen LogP contribution is -2.19. The van der Waals surface area contributed by atoms with E-state index in [1.807, 2.05) is 18.5 Å². The Morgan fingerprint density at radius 3 is 2.80 bits per heavy atom. The highest BCUT2D eigenvalue weighted by Crippen LogP contribution is 2.26. The third-order valence-corrected chi connectivity index (χ3v) is 3.79. The molecule has 20 heavy (non-hydrogen) atoms. The van der Waals surface area contributed by atoms with Crippen LogP contribution in [-0.4, -0.2) is 16.1 Å². The van der Waals surface area contributed by atoms with Gasteiger partial charge in [0, 0.05) is 35.6 Å². The molecule has 0 aliphatic rings. The molecule has 0 radical (unpaired) electrons. The van der Waals surface area contributed by atoms with E-state index >= 15 is 0 Å². The van der Waals surface area contributed by atoms with Gasteiger partial charge in [0.2, 0.25) is 0 Å². The zero-order valence-corrected chi connectivity index (χ0v) is 13.1. The summed E-state index contributed by atoms with van der Waals surface area (Å²) in [6.07, 6.45) is 5.82. The Bertz CT molecular complexity index is 563. The monoisotopic (exact) mass is 291 g/mol. The molecule has 1 unspecified atom stereocenters. The van der Waals surface area contributed by atoms with Crippen LogP contribution in [0, 0.1) is 0 Å². The van der Waals surface area contributed by atoms with E-state index in [1.165, 1.54) is 0 Å². The van der Waals surface area contributed by atoms with Gasteiger partial charge in [0.25, 0.3) is 0 Å². The zero-order chi connectivity index (χ0) is 14.5. The van der Waals surface area contributed by atoms with E-state index in [4.69, 9.17) is 11.6 Å². The van der Waals surface area contributed by atoms with Gasteiger partial charge in [-0.1, -0.05) is 31.5 Å². The van der Waals surface area contributed by atoms with Crippen molar-refractivity contribution in [1.29, 1.82) is 0 Å². The fourth-order valence-corrected chi connectivity index (χ4v) is 2.66. The summed E-state index contributed by atoms with van der Waals surface area (Å²) in [7, 11) is 0. The Morgan fingerprint density at radius 2 is 2.15 bits per heavy atom. The predicted molar refractivity (Wildman–Crippen MR) is 84.7 cm³/mol. The molecule has 1 aromatic heterocycles. The van der Waals surface area contributed by atoms with E-state index < -0.39 is 0 Å². The molecule has 2 aromatic rings. The molecule has 0 aliphatic carbocycles. The molecule has 1 N–H and O–H groups in total. The summed E-state index contributed by atoms with van der Waals surface area (Å²) >= 11 is 6.44. The molecule has 0 bridgehead atoms. The van der Waals surface area contributed by atoms with E-state index in [9.17, 15) is 0 Å². The van der Waals surface area contributed by atoms with Gasteiger partial charge in [0.1, 0.15) is 5.82 Å². The summed E-state index contributed by atoms with van der Waals surface area (Å²) in [5.74, 6) is 1.05. The molecule has 0 fully saturated rings. The van der Waals surface area contributed by atoms with Gasteiger partial charge in [-0.15, -0.1) is 0 Å². The molecule has 0 saturated carbocycles. The Morgan fingerprint density at radius 1 is 1.35 bits per heavy atom. The van der Waals surface area contributed by atoms with Crippen LogP contribution in [0.15, 0.2) is 30.6 Å². The second-order valence-electron chi connectivity index (χ2n) is 4.95. The van der Waals surface area contributed by atoms with Crippen molar-refractivity contribution >= 4 is 11.6 Å². The zero-order valence-electron chi connectivity index (χ0n) is 12.4. The molecule has 108 valence electrons. The normalized spacial score (nSPS) is 12.6. The summed E-state index contributed by atoms with van der Waals surface area (Å²) < 4.78 is 2.08. The number of nitrogens with zero attached hydrogens (tertiary/aromatic N) is 2. The summed E-state index contributed by atoms with van der Waals surface area (Å²) in [5.41, 5.74) is 2.21. The van der Waals surface area contributed by atoms with Gasteiger partial charge >= 0.3 is 0 Å². The van der Waals surface area contributed by atoms with Gasteiger partial charge in [0.05, 0.1) is 0 Å². The average molecular weight is 292 g/mol. The third kappa shape index (κ3) is 3.22. The van der Waals surface area contributed by atoms with Gasteiger partial charge in [-0.3, -0.25) is 0 Å². The molecular formula is C16H22ClN3. The van der Waals surface area contributed by atoms with Crippen LogP contribution >= 0.6 is 11.6 Å². The van der Waals surface area contributed by atoms with Gasteiger partial charge in [-0.25, -0.2) is 4.98 Å². The van der Waals surface area contributed by atoms with Crippen molar-refractivity contribution in [3.63, 3.8) is 0 Å². The average Bonchev–Trinajstić information content (AvgIpc) is 2.93. The summed E-state index contributed by atoms with van der Waals surface area (Å²) in [6, 6.07) is 6.49. The maximum Gasteiger partial charge on any atom is 0.112 e. The second kappa shape index (κ2) is 6.91. The fourth-order valence-electron chi connectivity index (χ4n) is 2.32. The third-order valence-electron chi connectivity index (χ3n) is 3.46. The van der Waals surface area contributed by atoms with Crippen LogP contribution in [0.4, 0.5) is 0 Å². The van der Waals surface area contributed by atoms with E-state index in [-0.39, 0.29) is 6.04 Å². The van der Waals surface area contributed by atoms with Gasteiger partial charge in [-0.2, -0.15) is 0 Å².